The van der Waals surface area contributed by atoms with Crippen LogP contribution in [0.1, 0.15) is 37.3 Å². The fourth-order valence-electron chi connectivity index (χ4n) is 2.04. The first-order valence-electron chi connectivity index (χ1n) is 7.64. The number of nitrogens with zero attached hydrogens (tertiary/aromatic N) is 2. The van der Waals surface area contributed by atoms with Crippen molar-refractivity contribution in [2.45, 2.75) is 32.8 Å². The van der Waals surface area contributed by atoms with Gasteiger partial charge in [-0.25, -0.2) is 9.78 Å². The van der Waals surface area contributed by atoms with Gasteiger partial charge in [-0.05, 0) is 32.0 Å². The second kappa shape index (κ2) is 8.31. The molecule has 2 aromatic rings. The van der Waals surface area contributed by atoms with E-state index >= 15 is 0 Å². The minimum absolute atomic E-state index is 0.0217. The van der Waals surface area contributed by atoms with Crippen molar-refractivity contribution in [3.05, 3.63) is 40.3 Å². The molecule has 0 saturated heterocycles. The number of amides is 2. The van der Waals surface area contributed by atoms with Crippen LogP contribution in [0.5, 0.6) is 5.75 Å². The minimum Gasteiger partial charge on any atom is -0.490 e. The van der Waals surface area contributed by atoms with Gasteiger partial charge < -0.3 is 15.4 Å². The van der Waals surface area contributed by atoms with Gasteiger partial charge in [-0.3, -0.25) is 0 Å². The number of carbonyl (C=O) groups excluding carboxylic acids is 1. The van der Waals surface area contributed by atoms with Crippen LogP contribution in [0, 0.1) is 11.3 Å². The first-order chi connectivity index (χ1) is 11.5. The van der Waals surface area contributed by atoms with Gasteiger partial charge in [0.25, 0.3) is 0 Å². The second-order valence-electron chi connectivity index (χ2n) is 5.60. The van der Waals surface area contributed by atoms with Gasteiger partial charge >= 0.3 is 6.03 Å². The Hall–Kier alpha value is -2.59. The zero-order valence-electron chi connectivity index (χ0n) is 13.9. The van der Waals surface area contributed by atoms with Crippen molar-refractivity contribution in [1.82, 2.24) is 10.3 Å². The zero-order chi connectivity index (χ0) is 17.5. The zero-order valence-corrected chi connectivity index (χ0v) is 14.7. The number of nitrogens with one attached hydrogen (secondary N) is 2. The van der Waals surface area contributed by atoms with Crippen molar-refractivity contribution in [2.75, 3.05) is 11.9 Å². The Morgan fingerprint density at radius 3 is 2.83 bits per heavy atom. The number of carbonyl (C=O) groups is 1. The highest BCUT2D eigenvalue weighted by atomic mass is 32.1. The molecule has 0 radical (unpaired) electrons. The summed E-state index contributed by atoms with van der Waals surface area (Å²) in [5.41, 5.74) is 0.930. The molecule has 1 atom stereocenters. The van der Waals surface area contributed by atoms with Crippen LogP contribution in [0.25, 0.3) is 0 Å². The van der Waals surface area contributed by atoms with Crippen molar-refractivity contribution in [1.29, 1.82) is 5.26 Å². The Balaban J connectivity index is 1.93. The molecule has 0 aliphatic rings. The molecule has 2 rings (SSSR count). The fourth-order valence-corrected chi connectivity index (χ4v) is 2.74. The molecule has 0 unspecified atom stereocenters. The molecule has 0 aliphatic carbocycles. The van der Waals surface area contributed by atoms with E-state index in [-0.39, 0.29) is 18.1 Å². The number of rotatable bonds is 6. The molecule has 126 valence electrons. The number of thiazole rings is 1. The van der Waals surface area contributed by atoms with Gasteiger partial charge in [-0.1, -0.05) is 6.92 Å². The summed E-state index contributed by atoms with van der Waals surface area (Å²) in [6.07, 6.45) is 1.73. The SMILES string of the molecule is CC(C)Oc1ccc(NC(=O)NC[C@@H](C)c2nccs2)cc1C#N. The van der Waals surface area contributed by atoms with Crippen molar-refractivity contribution < 1.29 is 9.53 Å². The Kier molecular flexibility index (Phi) is 6.15. The monoisotopic (exact) mass is 344 g/mol. The van der Waals surface area contributed by atoms with Crippen LogP contribution in [-0.2, 0) is 0 Å². The van der Waals surface area contributed by atoms with Gasteiger partial charge in [-0.2, -0.15) is 5.26 Å². The number of urea groups is 1. The van der Waals surface area contributed by atoms with Gasteiger partial charge in [0.15, 0.2) is 0 Å². The standard InChI is InChI=1S/C17H20N4O2S/c1-11(2)23-15-5-4-14(8-13(15)9-18)21-17(22)20-10-12(3)16-19-6-7-24-16/h4-8,11-12H,10H2,1-3H3,(H2,20,21,22)/t12-/m1/s1. The van der Waals surface area contributed by atoms with Crippen LogP contribution in [0.2, 0.25) is 0 Å². The number of nitriles is 1. The lowest BCUT2D eigenvalue weighted by Gasteiger charge is -2.14. The van der Waals surface area contributed by atoms with Gasteiger partial charge in [0.2, 0.25) is 0 Å². The molecule has 1 aromatic carbocycles. The smallest absolute Gasteiger partial charge is 0.319 e. The highest BCUT2D eigenvalue weighted by Gasteiger charge is 2.11. The summed E-state index contributed by atoms with van der Waals surface area (Å²) >= 11 is 1.57. The molecule has 24 heavy (non-hydrogen) atoms. The Bertz CT molecular complexity index is 723. The van der Waals surface area contributed by atoms with Gasteiger partial charge in [0.1, 0.15) is 11.8 Å². The molecule has 0 aliphatic heterocycles. The third-order valence-corrected chi connectivity index (χ3v) is 4.17. The first kappa shape index (κ1) is 17.8. The number of benzene rings is 1. The molecular formula is C17H20N4O2S. The highest BCUT2D eigenvalue weighted by Crippen LogP contribution is 2.23. The van der Waals surface area contributed by atoms with E-state index in [1.165, 1.54) is 0 Å². The first-order valence-corrected chi connectivity index (χ1v) is 8.52. The van der Waals surface area contributed by atoms with E-state index in [1.54, 1.807) is 35.7 Å². The number of anilines is 1. The molecular weight excluding hydrogens is 324 g/mol. The molecule has 7 heteroatoms. The average molecular weight is 344 g/mol. The molecule has 1 heterocycles. The van der Waals surface area contributed by atoms with E-state index in [0.29, 0.717) is 23.5 Å². The molecule has 0 bridgehead atoms. The maximum Gasteiger partial charge on any atom is 0.319 e. The van der Waals surface area contributed by atoms with Crippen LogP contribution in [0.4, 0.5) is 10.5 Å². The van der Waals surface area contributed by atoms with E-state index in [9.17, 15) is 10.1 Å². The number of aromatic nitrogens is 1. The van der Waals surface area contributed by atoms with E-state index in [0.717, 1.165) is 5.01 Å². The Labute approximate surface area is 145 Å². The second-order valence-corrected chi connectivity index (χ2v) is 6.52. The molecule has 6 nitrogen and oxygen atoms in total. The number of hydrogen-bond acceptors (Lipinski definition) is 5. The van der Waals surface area contributed by atoms with Crippen LogP contribution < -0.4 is 15.4 Å². The van der Waals surface area contributed by atoms with Gasteiger partial charge in [0.05, 0.1) is 16.7 Å². The predicted molar refractivity (Wildman–Crippen MR) is 94.5 cm³/mol. The van der Waals surface area contributed by atoms with E-state index in [4.69, 9.17) is 4.74 Å². The predicted octanol–water partition coefficient (Wildman–Crippen LogP) is 3.73. The molecule has 0 spiro atoms. The lowest BCUT2D eigenvalue weighted by atomic mass is 10.2. The maximum atomic E-state index is 12.0. The summed E-state index contributed by atoms with van der Waals surface area (Å²) in [6.45, 7) is 6.28. The largest absolute Gasteiger partial charge is 0.490 e. The van der Waals surface area contributed by atoms with Crippen molar-refractivity contribution in [3.63, 3.8) is 0 Å². The molecule has 1 aromatic heterocycles. The van der Waals surface area contributed by atoms with Crippen molar-refractivity contribution >= 4 is 23.1 Å². The van der Waals surface area contributed by atoms with Crippen LogP contribution in [0.3, 0.4) is 0 Å². The quantitative estimate of drug-likeness (QED) is 0.836. The van der Waals surface area contributed by atoms with E-state index in [1.807, 2.05) is 26.2 Å². The summed E-state index contributed by atoms with van der Waals surface area (Å²) in [4.78, 5) is 16.2. The van der Waals surface area contributed by atoms with Gasteiger partial charge in [-0.15, -0.1) is 11.3 Å². The van der Waals surface area contributed by atoms with Crippen LogP contribution >= 0.6 is 11.3 Å². The third-order valence-electron chi connectivity index (χ3n) is 3.16. The summed E-state index contributed by atoms with van der Waals surface area (Å²) in [6, 6.07) is 6.76. The summed E-state index contributed by atoms with van der Waals surface area (Å²) in [5.74, 6) is 0.656. The third kappa shape index (κ3) is 4.96. The maximum absolute atomic E-state index is 12.0. The van der Waals surface area contributed by atoms with Crippen molar-refractivity contribution in [3.8, 4) is 11.8 Å². The fraction of sp³-hybridized carbons (Fsp3) is 0.353. The summed E-state index contributed by atoms with van der Waals surface area (Å²) < 4.78 is 5.56. The van der Waals surface area contributed by atoms with E-state index in [2.05, 4.69) is 21.7 Å². The molecule has 0 fully saturated rings. The number of ether oxygens (including phenoxy) is 1. The Morgan fingerprint density at radius 1 is 1.42 bits per heavy atom. The van der Waals surface area contributed by atoms with Crippen LogP contribution in [0.15, 0.2) is 29.8 Å². The number of hydrogen-bond donors (Lipinski definition) is 2. The summed E-state index contributed by atoms with van der Waals surface area (Å²) in [5, 5.41) is 17.6. The normalized spacial score (nSPS) is 11.6. The van der Waals surface area contributed by atoms with Gasteiger partial charge in [0, 0.05) is 29.7 Å². The van der Waals surface area contributed by atoms with Crippen molar-refractivity contribution in [2.24, 2.45) is 0 Å². The molecule has 2 amide bonds. The van der Waals surface area contributed by atoms with E-state index < -0.39 is 0 Å². The molecule has 0 saturated carbocycles. The summed E-state index contributed by atoms with van der Waals surface area (Å²) in [7, 11) is 0. The minimum atomic E-state index is -0.320. The Morgan fingerprint density at radius 2 is 2.21 bits per heavy atom. The lowest BCUT2D eigenvalue weighted by molar-refractivity contribution is 0.241. The highest BCUT2D eigenvalue weighted by molar-refractivity contribution is 7.09. The van der Waals surface area contributed by atoms with Crippen LogP contribution in [-0.4, -0.2) is 23.7 Å². The molecule has 2 N–H and O–H groups in total. The topological polar surface area (TPSA) is 87.0 Å². The average Bonchev–Trinajstić information content (AvgIpc) is 3.08. The lowest BCUT2D eigenvalue weighted by Crippen LogP contribution is -2.31.